The first-order chi connectivity index (χ1) is 9.69. The van der Waals surface area contributed by atoms with Gasteiger partial charge in [0, 0.05) is 22.6 Å². The second-order valence-corrected chi connectivity index (χ2v) is 6.15. The molecule has 0 fully saturated rings. The molecule has 0 unspecified atom stereocenters. The highest BCUT2D eigenvalue weighted by molar-refractivity contribution is 7.09. The van der Waals surface area contributed by atoms with Crippen molar-refractivity contribution in [2.75, 3.05) is 11.4 Å². The molecule has 3 nitrogen and oxygen atoms in total. The van der Waals surface area contributed by atoms with Gasteiger partial charge in [-0.1, -0.05) is 24.6 Å². The number of rotatable bonds is 3. The fourth-order valence-corrected chi connectivity index (χ4v) is 3.50. The number of benzene rings is 1. The summed E-state index contributed by atoms with van der Waals surface area (Å²) in [6.45, 7) is 2.78. The molecule has 0 aliphatic carbocycles. The zero-order chi connectivity index (χ0) is 14.1. The van der Waals surface area contributed by atoms with Gasteiger partial charge in [-0.25, -0.2) is 4.98 Å². The lowest BCUT2D eigenvalue weighted by atomic mass is 10.2. The Hall–Kier alpha value is -1.39. The number of aromatic nitrogens is 1. The van der Waals surface area contributed by atoms with Crippen LogP contribution in [0.15, 0.2) is 23.6 Å². The molecule has 2 aromatic rings. The maximum Gasteiger partial charge on any atom is 0.233 e. The van der Waals surface area contributed by atoms with Crippen LogP contribution in [0.2, 0.25) is 5.02 Å². The van der Waals surface area contributed by atoms with E-state index >= 15 is 0 Å². The van der Waals surface area contributed by atoms with Gasteiger partial charge in [-0.15, -0.1) is 11.3 Å². The van der Waals surface area contributed by atoms with Gasteiger partial charge in [0.2, 0.25) is 5.91 Å². The second kappa shape index (κ2) is 5.54. The van der Waals surface area contributed by atoms with E-state index < -0.39 is 0 Å². The number of hydrogen-bond donors (Lipinski definition) is 0. The van der Waals surface area contributed by atoms with Gasteiger partial charge in [0.25, 0.3) is 0 Å². The minimum atomic E-state index is 0.0963. The van der Waals surface area contributed by atoms with E-state index in [-0.39, 0.29) is 5.91 Å². The lowest BCUT2D eigenvalue weighted by Gasteiger charge is -2.16. The largest absolute Gasteiger partial charge is 0.311 e. The number of aryl methyl sites for hydroxylation is 1. The van der Waals surface area contributed by atoms with Crippen molar-refractivity contribution in [3.05, 3.63) is 44.9 Å². The highest BCUT2D eigenvalue weighted by Gasteiger charge is 2.26. The molecule has 1 aliphatic heterocycles. The second-order valence-electron chi connectivity index (χ2n) is 4.80. The van der Waals surface area contributed by atoms with Crippen LogP contribution >= 0.6 is 22.9 Å². The molecular formula is C15H15ClN2OS. The lowest BCUT2D eigenvalue weighted by Crippen LogP contribution is -2.30. The van der Waals surface area contributed by atoms with Crippen molar-refractivity contribution in [3.63, 3.8) is 0 Å². The predicted molar refractivity (Wildman–Crippen MR) is 82.7 cm³/mol. The molecule has 0 radical (unpaired) electrons. The summed E-state index contributed by atoms with van der Waals surface area (Å²) in [4.78, 5) is 18.7. The molecule has 5 heteroatoms. The van der Waals surface area contributed by atoms with E-state index in [0.717, 1.165) is 39.8 Å². The monoisotopic (exact) mass is 306 g/mol. The van der Waals surface area contributed by atoms with Crippen LogP contribution in [0.4, 0.5) is 5.69 Å². The topological polar surface area (TPSA) is 33.2 Å². The minimum absolute atomic E-state index is 0.0963. The number of anilines is 1. The highest BCUT2D eigenvalue weighted by Crippen LogP contribution is 2.33. The van der Waals surface area contributed by atoms with Gasteiger partial charge < -0.3 is 4.90 Å². The maximum atomic E-state index is 12.4. The van der Waals surface area contributed by atoms with Crippen molar-refractivity contribution in [1.82, 2.24) is 4.98 Å². The average molecular weight is 307 g/mol. The standard InChI is InChI=1S/C15H15ClN2OS/c1-2-14-17-10(9-20-14)8-15(19)18-7-6-11-12(16)4-3-5-13(11)18/h3-5,9H,2,6-8H2,1H3. The Labute approximate surface area is 127 Å². The van der Waals surface area contributed by atoms with Crippen LogP contribution in [0.5, 0.6) is 0 Å². The van der Waals surface area contributed by atoms with E-state index in [2.05, 4.69) is 11.9 Å². The molecule has 0 saturated heterocycles. The normalized spacial score (nSPS) is 13.6. The van der Waals surface area contributed by atoms with Crippen LogP contribution in [0.25, 0.3) is 0 Å². The van der Waals surface area contributed by atoms with E-state index in [0.29, 0.717) is 13.0 Å². The molecule has 104 valence electrons. The molecule has 0 saturated carbocycles. The third kappa shape index (κ3) is 2.45. The molecule has 0 N–H and O–H groups in total. The van der Waals surface area contributed by atoms with Crippen LogP contribution in [-0.2, 0) is 24.1 Å². The molecule has 0 spiro atoms. The van der Waals surface area contributed by atoms with Crippen molar-refractivity contribution in [3.8, 4) is 0 Å². The first kappa shape index (κ1) is 13.6. The van der Waals surface area contributed by atoms with E-state index in [1.807, 2.05) is 28.5 Å². The predicted octanol–water partition coefficient (Wildman–Crippen LogP) is 3.49. The Bertz CT molecular complexity index is 653. The lowest BCUT2D eigenvalue weighted by molar-refractivity contribution is -0.117. The Morgan fingerprint density at radius 2 is 2.35 bits per heavy atom. The number of amides is 1. The molecule has 1 aromatic heterocycles. The van der Waals surface area contributed by atoms with Crippen LogP contribution in [-0.4, -0.2) is 17.4 Å². The van der Waals surface area contributed by atoms with Gasteiger partial charge in [0.1, 0.15) is 0 Å². The van der Waals surface area contributed by atoms with E-state index in [1.165, 1.54) is 0 Å². The number of halogens is 1. The zero-order valence-corrected chi connectivity index (χ0v) is 12.8. The van der Waals surface area contributed by atoms with Gasteiger partial charge in [0.05, 0.1) is 17.1 Å². The van der Waals surface area contributed by atoms with E-state index in [1.54, 1.807) is 11.3 Å². The molecule has 1 amide bonds. The summed E-state index contributed by atoms with van der Waals surface area (Å²) in [5.41, 5.74) is 2.90. The molecule has 0 atom stereocenters. The van der Waals surface area contributed by atoms with E-state index in [9.17, 15) is 4.79 Å². The number of carbonyl (C=O) groups is 1. The number of hydrogen-bond acceptors (Lipinski definition) is 3. The average Bonchev–Trinajstić information content (AvgIpc) is 3.05. The van der Waals surface area contributed by atoms with Crippen LogP contribution in [0.1, 0.15) is 23.2 Å². The summed E-state index contributed by atoms with van der Waals surface area (Å²) < 4.78 is 0. The number of carbonyl (C=O) groups excluding carboxylic acids is 1. The van der Waals surface area contributed by atoms with Crippen molar-refractivity contribution < 1.29 is 4.79 Å². The third-order valence-electron chi connectivity index (χ3n) is 3.51. The zero-order valence-electron chi connectivity index (χ0n) is 11.2. The van der Waals surface area contributed by atoms with Gasteiger partial charge in [-0.2, -0.15) is 0 Å². The van der Waals surface area contributed by atoms with E-state index in [4.69, 9.17) is 11.6 Å². The number of nitrogens with zero attached hydrogens (tertiary/aromatic N) is 2. The van der Waals surface area contributed by atoms with Crippen LogP contribution < -0.4 is 4.90 Å². The first-order valence-corrected chi connectivity index (χ1v) is 7.96. The van der Waals surface area contributed by atoms with Crippen molar-refractivity contribution in [1.29, 1.82) is 0 Å². The number of thiazole rings is 1. The smallest absolute Gasteiger partial charge is 0.233 e. The summed E-state index contributed by atoms with van der Waals surface area (Å²) >= 11 is 7.79. The molecule has 20 heavy (non-hydrogen) atoms. The molecule has 2 heterocycles. The Balaban J connectivity index is 1.78. The van der Waals surface area contributed by atoms with Gasteiger partial charge in [0.15, 0.2) is 0 Å². The van der Waals surface area contributed by atoms with Crippen molar-refractivity contribution in [2.45, 2.75) is 26.2 Å². The summed E-state index contributed by atoms with van der Waals surface area (Å²) in [6.07, 6.45) is 2.11. The van der Waals surface area contributed by atoms with Gasteiger partial charge in [-0.3, -0.25) is 4.79 Å². The first-order valence-electron chi connectivity index (χ1n) is 6.70. The molecule has 0 bridgehead atoms. The summed E-state index contributed by atoms with van der Waals surface area (Å²) in [6, 6.07) is 5.73. The SMILES string of the molecule is CCc1nc(CC(=O)N2CCc3c(Cl)cccc32)cs1. The molecular weight excluding hydrogens is 292 g/mol. The fourth-order valence-electron chi connectivity index (χ4n) is 2.49. The molecule has 1 aliphatic rings. The molecule has 3 rings (SSSR count). The molecule has 1 aromatic carbocycles. The summed E-state index contributed by atoms with van der Waals surface area (Å²) in [7, 11) is 0. The quantitative estimate of drug-likeness (QED) is 0.869. The van der Waals surface area contributed by atoms with Gasteiger partial charge >= 0.3 is 0 Å². The maximum absolute atomic E-state index is 12.4. The Morgan fingerprint density at radius 3 is 3.10 bits per heavy atom. The van der Waals surface area contributed by atoms with Crippen molar-refractivity contribution in [2.24, 2.45) is 0 Å². The summed E-state index contributed by atoms with van der Waals surface area (Å²) in [5.74, 6) is 0.0963. The Morgan fingerprint density at radius 1 is 1.50 bits per heavy atom. The van der Waals surface area contributed by atoms with Crippen LogP contribution in [0, 0.1) is 0 Å². The third-order valence-corrected chi connectivity index (χ3v) is 4.90. The summed E-state index contributed by atoms with van der Waals surface area (Å²) in [5, 5.41) is 3.81. The highest BCUT2D eigenvalue weighted by atomic mass is 35.5. The van der Waals surface area contributed by atoms with Gasteiger partial charge in [-0.05, 0) is 30.5 Å². The minimum Gasteiger partial charge on any atom is -0.311 e. The fraction of sp³-hybridized carbons (Fsp3) is 0.333. The number of fused-ring (bicyclic) bond motifs is 1. The van der Waals surface area contributed by atoms with Crippen LogP contribution in [0.3, 0.4) is 0 Å². The Kier molecular flexibility index (Phi) is 3.76. The van der Waals surface area contributed by atoms with Crippen molar-refractivity contribution >= 4 is 34.5 Å².